The van der Waals surface area contributed by atoms with E-state index in [1.54, 1.807) is 24.3 Å². The van der Waals surface area contributed by atoms with Crippen LogP contribution in [0.2, 0.25) is 5.02 Å². The molecule has 0 bridgehead atoms. The highest BCUT2D eigenvalue weighted by Gasteiger charge is 2.14. The van der Waals surface area contributed by atoms with Gasteiger partial charge >= 0.3 is 0 Å². The Morgan fingerprint density at radius 3 is 2.29 bits per heavy atom. The van der Waals surface area contributed by atoms with Crippen LogP contribution >= 0.6 is 43.5 Å². The van der Waals surface area contributed by atoms with Gasteiger partial charge in [-0.3, -0.25) is 4.79 Å². The van der Waals surface area contributed by atoms with E-state index in [0.29, 0.717) is 28.6 Å². The zero-order valence-electron chi connectivity index (χ0n) is 16.5. The average molecular weight is 561 g/mol. The first-order valence-corrected chi connectivity index (χ1v) is 11.2. The van der Waals surface area contributed by atoms with Crippen LogP contribution in [-0.2, 0) is 11.4 Å². The summed E-state index contributed by atoms with van der Waals surface area (Å²) in [4.78, 5) is 12.6. The largest absolute Gasteiger partial charge is 0.489 e. The van der Waals surface area contributed by atoms with Crippen LogP contribution in [0, 0.1) is 18.3 Å². The second kappa shape index (κ2) is 10.6. The molecule has 156 valence electrons. The van der Waals surface area contributed by atoms with Crippen LogP contribution in [0.3, 0.4) is 0 Å². The number of carbonyl (C=O) groups is 1. The maximum Gasteiger partial charge on any atom is 0.266 e. The number of nitrogens with zero attached hydrogens (tertiary/aromatic N) is 1. The second-order valence-electron chi connectivity index (χ2n) is 6.71. The lowest BCUT2D eigenvalue weighted by molar-refractivity contribution is -0.112. The first-order chi connectivity index (χ1) is 14.9. The summed E-state index contributed by atoms with van der Waals surface area (Å²) in [6.07, 6.45) is 1.54. The van der Waals surface area contributed by atoms with Crippen molar-refractivity contribution in [3.05, 3.63) is 96.9 Å². The van der Waals surface area contributed by atoms with Crippen molar-refractivity contribution in [3.63, 3.8) is 0 Å². The minimum absolute atomic E-state index is 0.00536. The van der Waals surface area contributed by atoms with Crippen LogP contribution in [-0.4, -0.2) is 5.91 Å². The number of rotatable bonds is 6. The van der Waals surface area contributed by atoms with Gasteiger partial charge in [0.2, 0.25) is 0 Å². The predicted molar refractivity (Wildman–Crippen MR) is 131 cm³/mol. The Balaban J connectivity index is 1.68. The van der Waals surface area contributed by atoms with E-state index in [-0.39, 0.29) is 5.57 Å². The van der Waals surface area contributed by atoms with Crippen LogP contribution in [0.4, 0.5) is 5.69 Å². The molecule has 0 saturated carbocycles. The summed E-state index contributed by atoms with van der Waals surface area (Å²) in [6.45, 7) is 2.36. The van der Waals surface area contributed by atoms with Crippen LogP contribution in [0.5, 0.6) is 5.75 Å². The minimum Gasteiger partial charge on any atom is -0.489 e. The molecule has 0 fully saturated rings. The number of nitriles is 1. The first-order valence-electron chi connectivity index (χ1n) is 9.22. The zero-order chi connectivity index (χ0) is 22.4. The molecule has 0 radical (unpaired) electrons. The third-order valence-electron chi connectivity index (χ3n) is 4.30. The lowest BCUT2D eigenvalue weighted by Gasteiger charge is -2.10. The summed E-state index contributed by atoms with van der Waals surface area (Å²) in [5.74, 6) is 0.193. The fraction of sp³-hybridized carbons (Fsp3) is 0.0833. The van der Waals surface area contributed by atoms with Crippen molar-refractivity contribution in [1.29, 1.82) is 5.26 Å². The molecule has 0 atom stereocenters. The Hall–Kier alpha value is -2.59. The fourth-order valence-corrected chi connectivity index (χ4v) is 4.46. The monoisotopic (exact) mass is 558 g/mol. The Morgan fingerprint density at radius 1 is 1.10 bits per heavy atom. The molecule has 7 heteroatoms. The smallest absolute Gasteiger partial charge is 0.266 e. The zero-order valence-corrected chi connectivity index (χ0v) is 20.4. The molecule has 0 saturated heterocycles. The van der Waals surface area contributed by atoms with Crippen molar-refractivity contribution >= 4 is 61.1 Å². The van der Waals surface area contributed by atoms with Crippen molar-refractivity contribution in [2.75, 3.05) is 5.32 Å². The van der Waals surface area contributed by atoms with E-state index in [1.807, 2.05) is 49.4 Å². The number of amides is 1. The quantitative estimate of drug-likeness (QED) is 0.254. The molecule has 3 aromatic carbocycles. The van der Waals surface area contributed by atoms with Crippen molar-refractivity contribution < 1.29 is 9.53 Å². The molecule has 3 rings (SSSR count). The van der Waals surface area contributed by atoms with Crippen molar-refractivity contribution in [2.45, 2.75) is 13.5 Å². The molecular formula is C24H17Br2ClN2O2. The van der Waals surface area contributed by atoms with E-state index in [0.717, 1.165) is 20.1 Å². The Morgan fingerprint density at radius 2 is 1.71 bits per heavy atom. The summed E-state index contributed by atoms with van der Waals surface area (Å²) in [7, 11) is 0. The van der Waals surface area contributed by atoms with Gasteiger partial charge < -0.3 is 10.1 Å². The van der Waals surface area contributed by atoms with Gasteiger partial charge in [-0.1, -0.05) is 35.9 Å². The maximum atomic E-state index is 12.6. The van der Waals surface area contributed by atoms with Crippen molar-refractivity contribution in [2.24, 2.45) is 0 Å². The van der Waals surface area contributed by atoms with Crippen LogP contribution in [0.15, 0.2) is 75.2 Å². The number of carbonyl (C=O) groups excluding carboxylic acids is 1. The topological polar surface area (TPSA) is 62.1 Å². The Kier molecular flexibility index (Phi) is 7.91. The molecule has 0 heterocycles. The molecule has 0 unspecified atom stereocenters. The van der Waals surface area contributed by atoms with Crippen molar-refractivity contribution in [3.8, 4) is 11.8 Å². The lowest BCUT2D eigenvalue weighted by Crippen LogP contribution is -2.14. The van der Waals surface area contributed by atoms with E-state index in [1.165, 1.54) is 6.08 Å². The fourth-order valence-electron chi connectivity index (χ4n) is 2.72. The van der Waals surface area contributed by atoms with E-state index < -0.39 is 5.91 Å². The van der Waals surface area contributed by atoms with Gasteiger partial charge in [-0.15, -0.1) is 0 Å². The molecular weight excluding hydrogens is 544 g/mol. The molecule has 0 aliphatic carbocycles. The number of ether oxygens (including phenoxy) is 1. The van der Waals surface area contributed by atoms with Gasteiger partial charge in [0, 0.05) is 14.0 Å². The number of nitrogens with one attached hydrogen (secondary N) is 1. The minimum atomic E-state index is -0.490. The van der Waals surface area contributed by atoms with Crippen LogP contribution < -0.4 is 10.1 Å². The summed E-state index contributed by atoms with van der Waals surface area (Å²) >= 11 is 12.8. The molecule has 0 aliphatic rings. The van der Waals surface area contributed by atoms with E-state index >= 15 is 0 Å². The summed E-state index contributed by atoms with van der Waals surface area (Å²) < 4.78 is 7.22. The molecule has 0 aromatic heterocycles. The highest BCUT2D eigenvalue weighted by atomic mass is 79.9. The number of hydrogen-bond acceptors (Lipinski definition) is 3. The van der Waals surface area contributed by atoms with E-state index in [4.69, 9.17) is 16.3 Å². The van der Waals surface area contributed by atoms with Gasteiger partial charge in [-0.2, -0.15) is 5.26 Å². The number of hydrogen-bond donors (Lipinski definition) is 1. The third kappa shape index (κ3) is 6.44. The molecule has 4 nitrogen and oxygen atoms in total. The number of benzene rings is 3. The maximum absolute atomic E-state index is 12.6. The molecule has 31 heavy (non-hydrogen) atoms. The molecule has 0 aliphatic heterocycles. The SMILES string of the molecule is Cc1cc(Br)c(NC(=O)/C(C#N)=C/c2ccc(OCc3ccc(Cl)cc3)cc2)c(Br)c1. The van der Waals surface area contributed by atoms with Crippen LogP contribution in [0.1, 0.15) is 16.7 Å². The molecule has 1 N–H and O–H groups in total. The summed E-state index contributed by atoms with van der Waals surface area (Å²) in [5, 5.41) is 12.9. The highest BCUT2D eigenvalue weighted by molar-refractivity contribution is 9.11. The van der Waals surface area contributed by atoms with Gasteiger partial charge in [0.1, 0.15) is 24.0 Å². The van der Waals surface area contributed by atoms with E-state index in [2.05, 4.69) is 37.2 Å². The standard InChI is InChI=1S/C24H17Br2ClN2O2/c1-15-10-21(25)23(22(26)11-15)29-24(30)18(13-28)12-16-4-8-20(9-5-16)31-14-17-2-6-19(27)7-3-17/h2-12H,14H2,1H3,(H,29,30)/b18-12+. The predicted octanol–water partition coefficient (Wildman–Crippen LogP) is 7.30. The average Bonchev–Trinajstić information content (AvgIpc) is 2.75. The van der Waals surface area contributed by atoms with Gasteiger partial charge in [-0.25, -0.2) is 0 Å². The van der Waals surface area contributed by atoms with Crippen molar-refractivity contribution in [1.82, 2.24) is 0 Å². The summed E-state index contributed by atoms with van der Waals surface area (Å²) in [6, 6.07) is 20.3. The molecule has 1 amide bonds. The Labute approximate surface area is 202 Å². The number of aryl methyl sites for hydroxylation is 1. The van der Waals surface area contributed by atoms with Gasteiger partial charge in [0.05, 0.1) is 5.69 Å². The van der Waals surface area contributed by atoms with Gasteiger partial charge in [0.25, 0.3) is 5.91 Å². The van der Waals surface area contributed by atoms with Gasteiger partial charge in [0.15, 0.2) is 0 Å². The number of anilines is 1. The second-order valence-corrected chi connectivity index (χ2v) is 8.86. The van der Waals surface area contributed by atoms with Gasteiger partial charge in [-0.05, 0) is 97.9 Å². The lowest BCUT2D eigenvalue weighted by atomic mass is 10.1. The normalized spacial score (nSPS) is 11.0. The molecule has 0 spiro atoms. The highest BCUT2D eigenvalue weighted by Crippen LogP contribution is 2.32. The third-order valence-corrected chi connectivity index (χ3v) is 5.80. The van der Waals surface area contributed by atoms with Crippen LogP contribution in [0.25, 0.3) is 6.08 Å². The Bertz CT molecular complexity index is 1140. The summed E-state index contributed by atoms with van der Waals surface area (Å²) in [5.41, 5.74) is 3.32. The number of halogens is 3. The van der Waals surface area contributed by atoms with E-state index in [9.17, 15) is 10.1 Å². The first kappa shape index (κ1) is 23.1. The molecule has 3 aromatic rings.